The van der Waals surface area contributed by atoms with Gasteiger partial charge in [0.15, 0.2) is 0 Å². The molecule has 0 saturated carbocycles. The van der Waals surface area contributed by atoms with Gasteiger partial charge in [0.25, 0.3) is 0 Å². The third-order valence-corrected chi connectivity index (χ3v) is 14.4. The van der Waals surface area contributed by atoms with Gasteiger partial charge in [0, 0.05) is 43.7 Å². The van der Waals surface area contributed by atoms with Gasteiger partial charge in [0.1, 0.15) is 0 Å². The number of hydrogen-bond donors (Lipinski definition) is 0. The Morgan fingerprint density at radius 2 is 0.790 bits per heavy atom. The minimum Gasteiger partial charge on any atom is -0.309 e. The second-order valence-corrected chi connectivity index (χ2v) is 20.2. The number of fused-ring (bicyclic) bond motifs is 12. The molecule has 0 aliphatic carbocycles. The Bertz CT molecular complexity index is 3510. The number of aryl methyl sites for hydroxylation is 1. The van der Waals surface area contributed by atoms with E-state index >= 15 is 0 Å². The number of benzene rings is 9. The SMILES string of the molecule is Cc1cc2c3c(c1)-c1cc4c5ccccc5n(-c5ccc(C(C)(C)C)cc5)c4c4cccc(c14)B3c1cccc3c1c-2cc1c2ccccc2n(-c2ccc(C(C)(C)C)cc2)c31. The van der Waals surface area contributed by atoms with Crippen LogP contribution >= 0.6 is 0 Å². The van der Waals surface area contributed by atoms with E-state index in [1.807, 2.05) is 0 Å². The summed E-state index contributed by atoms with van der Waals surface area (Å²) in [7, 11) is 0. The summed E-state index contributed by atoms with van der Waals surface area (Å²) in [4.78, 5) is 0. The zero-order valence-corrected chi connectivity index (χ0v) is 36.5. The van der Waals surface area contributed by atoms with Crippen LogP contribution in [0, 0.1) is 6.92 Å². The van der Waals surface area contributed by atoms with E-state index in [-0.39, 0.29) is 17.5 Å². The second-order valence-electron chi connectivity index (χ2n) is 20.2. The van der Waals surface area contributed by atoms with Crippen molar-refractivity contribution in [1.29, 1.82) is 0 Å². The largest absolute Gasteiger partial charge is 0.309 e. The summed E-state index contributed by atoms with van der Waals surface area (Å²) in [5.74, 6) is 0. The fraction of sp³-hybridized carbons (Fsp3) is 0.153. The zero-order chi connectivity index (χ0) is 42.0. The highest BCUT2D eigenvalue weighted by Gasteiger charge is 2.40. The Balaban J connectivity index is 1.14. The zero-order valence-electron chi connectivity index (χ0n) is 36.5. The molecule has 0 spiro atoms. The first-order chi connectivity index (χ1) is 30.0. The van der Waals surface area contributed by atoms with E-state index in [1.165, 1.54) is 132 Å². The summed E-state index contributed by atoms with van der Waals surface area (Å²) >= 11 is 0. The molecule has 2 aliphatic rings. The highest BCUT2D eigenvalue weighted by Crippen LogP contribution is 2.47. The van der Waals surface area contributed by atoms with Crippen molar-refractivity contribution in [3.8, 4) is 33.6 Å². The number of aromatic nitrogens is 2. The van der Waals surface area contributed by atoms with Crippen LogP contribution in [0.25, 0.3) is 98.8 Å². The quantitative estimate of drug-likeness (QED) is 0.154. The second kappa shape index (κ2) is 12.2. The molecule has 11 aromatic rings. The molecule has 0 unspecified atom stereocenters. The number of nitrogens with zero attached hydrogens (tertiary/aromatic N) is 2. The summed E-state index contributed by atoms with van der Waals surface area (Å²) in [6.45, 7) is 16.1. The van der Waals surface area contributed by atoms with Crippen LogP contribution in [0.5, 0.6) is 0 Å². The van der Waals surface area contributed by atoms with Gasteiger partial charge in [-0.2, -0.15) is 0 Å². The molecule has 2 nitrogen and oxygen atoms in total. The van der Waals surface area contributed by atoms with Crippen molar-refractivity contribution >= 4 is 88.3 Å². The predicted molar refractivity (Wildman–Crippen MR) is 268 cm³/mol. The number of rotatable bonds is 2. The third-order valence-electron chi connectivity index (χ3n) is 14.4. The van der Waals surface area contributed by atoms with Gasteiger partial charge in [-0.1, -0.05) is 167 Å². The van der Waals surface area contributed by atoms with Crippen LogP contribution in [-0.4, -0.2) is 15.8 Å². The summed E-state index contributed by atoms with van der Waals surface area (Å²) in [6, 6.07) is 60.8. The van der Waals surface area contributed by atoms with Crippen molar-refractivity contribution < 1.29 is 0 Å². The topological polar surface area (TPSA) is 9.86 Å². The van der Waals surface area contributed by atoms with Crippen molar-refractivity contribution in [3.63, 3.8) is 0 Å². The lowest BCUT2D eigenvalue weighted by atomic mass is 9.31. The van der Waals surface area contributed by atoms with Crippen LogP contribution in [0.2, 0.25) is 0 Å². The third kappa shape index (κ3) is 4.72. The van der Waals surface area contributed by atoms with E-state index in [2.05, 4.69) is 215 Å². The maximum Gasteiger partial charge on any atom is 0.244 e. The minimum atomic E-state index is 0.0821. The standard InChI is InChI=1S/C59H47BN2/c1-34-30-45-43-32-47-39-14-8-10-20-51(39)61(37-26-22-35(23-27-37)58(2,3)4)56(47)41-16-12-18-49(53(41)43)60-50-19-13-17-42-54(50)44(46(31-34)55(45)60)33-48-40-15-9-11-21-52(40)62(57(42)48)38-28-24-36(25-29-38)59(5,6)7/h8-33H,1-7H3. The van der Waals surface area contributed by atoms with Gasteiger partial charge in [-0.15, -0.1) is 0 Å². The van der Waals surface area contributed by atoms with E-state index in [0.717, 1.165) is 0 Å². The summed E-state index contributed by atoms with van der Waals surface area (Å²) in [6.07, 6.45) is 0. The van der Waals surface area contributed by atoms with Crippen LogP contribution in [0.3, 0.4) is 0 Å². The van der Waals surface area contributed by atoms with Crippen molar-refractivity contribution in [2.24, 2.45) is 0 Å². The van der Waals surface area contributed by atoms with E-state index in [1.54, 1.807) is 0 Å². The van der Waals surface area contributed by atoms with Crippen LogP contribution in [0.15, 0.2) is 158 Å². The Kier molecular flexibility index (Phi) is 7.04. The van der Waals surface area contributed by atoms with Crippen molar-refractivity contribution in [2.75, 3.05) is 0 Å². The van der Waals surface area contributed by atoms with Crippen molar-refractivity contribution in [3.05, 3.63) is 174 Å². The van der Waals surface area contributed by atoms with Crippen LogP contribution in [0.1, 0.15) is 58.2 Å². The van der Waals surface area contributed by atoms with Crippen LogP contribution in [0.4, 0.5) is 0 Å². The molecule has 0 N–H and O–H groups in total. The first-order valence-electron chi connectivity index (χ1n) is 22.3. The van der Waals surface area contributed by atoms with Gasteiger partial charge in [-0.3, -0.25) is 0 Å². The molecule has 296 valence electrons. The van der Waals surface area contributed by atoms with E-state index < -0.39 is 0 Å². The van der Waals surface area contributed by atoms with E-state index in [4.69, 9.17) is 0 Å². The van der Waals surface area contributed by atoms with Gasteiger partial charge in [-0.25, -0.2) is 0 Å². The van der Waals surface area contributed by atoms with Crippen LogP contribution in [-0.2, 0) is 10.8 Å². The lowest BCUT2D eigenvalue weighted by Crippen LogP contribution is -2.57. The average Bonchev–Trinajstić information content (AvgIpc) is 3.79. The minimum absolute atomic E-state index is 0.0821. The van der Waals surface area contributed by atoms with E-state index in [9.17, 15) is 0 Å². The van der Waals surface area contributed by atoms with E-state index in [0.29, 0.717) is 0 Å². The van der Waals surface area contributed by atoms with Crippen molar-refractivity contribution in [2.45, 2.75) is 59.3 Å². The first kappa shape index (κ1) is 35.9. The molecule has 0 bridgehead atoms. The summed E-state index contributed by atoms with van der Waals surface area (Å²) < 4.78 is 5.05. The Morgan fingerprint density at radius 3 is 1.21 bits per heavy atom. The highest BCUT2D eigenvalue weighted by molar-refractivity contribution is 7.01. The number of para-hydroxylation sites is 2. The molecule has 13 rings (SSSR count). The van der Waals surface area contributed by atoms with Gasteiger partial charge in [0.2, 0.25) is 6.71 Å². The molecule has 0 fully saturated rings. The molecule has 62 heavy (non-hydrogen) atoms. The smallest absolute Gasteiger partial charge is 0.244 e. The maximum atomic E-state index is 2.53. The predicted octanol–water partition coefficient (Wildman–Crippen LogP) is 13.6. The summed E-state index contributed by atoms with van der Waals surface area (Å²) in [5.41, 5.74) is 21.2. The number of hydrogen-bond acceptors (Lipinski definition) is 0. The molecule has 0 saturated heterocycles. The Labute approximate surface area is 363 Å². The molecule has 0 atom stereocenters. The molecule has 3 heteroatoms. The monoisotopic (exact) mass is 794 g/mol. The molecule has 2 aliphatic heterocycles. The first-order valence-corrected chi connectivity index (χ1v) is 22.3. The van der Waals surface area contributed by atoms with Crippen LogP contribution < -0.4 is 16.4 Å². The molecule has 0 amide bonds. The van der Waals surface area contributed by atoms with Gasteiger partial charge >= 0.3 is 0 Å². The molecule has 0 radical (unpaired) electrons. The fourth-order valence-corrected chi connectivity index (χ4v) is 11.6. The van der Waals surface area contributed by atoms with Crippen molar-refractivity contribution in [1.82, 2.24) is 9.13 Å². The lowest BCUT2D eigenvalue weighted by molar-refractivity contribution is 0.590. The normalized spacial score (nSPS) is 13.4. The Hall–Kier alpha value is -6.84. The molecular formula is C59H47BN2. The molecule has 9 aromatic carbocycles. The highest BCUT2D eigenvalue weighted by atomic mass is 15.0. The average molecular weight is 795 g/mol. The molecule has 4 heterocycles. The summed E-state index contributed by atoms with van der Waals surface area (Å²) in [5, 5.41) is 10.6. The maximum absolute atomic E-state index is 2.53. The van der Waals surface area contributed by atoms with Gasteiger partial charge in [0.05, 0.1) is 22.1 Å². The lowest BCUT2D eigenvalue weighted by Gasteiger charge is -2.35. The van der Waals surface area contributed by atoms with Gasteiger partial charge in [-0.05, 0) is 116 Å². The Morgan fingerprint density at radius 1 is 0.387 bits per heavy atom. The molecule has 2 aromatic heterocycles. The molecular weight excluding hydrogens is 747 g/mol. The fourth-order valence-electron chi connectivity index (χ4n) is 11.6. The van der Waals surface area contributed by atoms with Gasteiger partial charge < -0.3 is 9.13 Å².